The summed E-state index contributed by atoms with van der Waals surface area (Å²) >= 11 is 0. The summed E-state index contributed by atoms with van der Waals surface area (Å²) in [4.78, 5) is 29.6. The van der Waals surface area contributed by atoms with E-state index in [4.69, 9.17) is 9.72 Å². The van der Waals surface area contributed by atoms with Crippen LogP contribution in [0.25, 0.3) is 32.9 Å². The van der Waals surface area contributed by atoms with Crippen molar-refractivity contribution in [2.75, 3.05) is 37.7 Å². The number of fused-ring (bicyclic) bond motifs is 3. The third-order valence-corrected chi connectivity index (χ3v) is 10.1. The van der Waals surface area contributed by atoms with E-state index in [0.29, 0.717) is 72.9 Å². The predicted octanol–water partition coefficient (Wildman–Crippen LogP) is 5.52. The number of carbonyl (C=O) groups is 1. The first-order valence-electron chi connectivity index (χ1n) is 15.3. The van der Waals surface area contributed by atoms with Gasteiger partial charge in [-0.1, -0.05) is 13.0 Å². The number of alkyl halides is 1. The number of hydrogen-bond donors (Lipinski definition) is 1. The first-order valence-corrected chi connectivity index (χ1v) is 15.3. The van der Waals surface area contributed by atoms with Crippen molar-refractivity contribution in [3.8, 4) is 23.0 Å². The highest BCUT2D eigenvalue weighted by molar-refractivity contribution is 6.02. The van der Waals surface area contributed by atoms with E-state index < -0.39 is 23.3 Å². The molecule has 4 aromatic rings. The van der Waals surface area contributed by atoms with Gasteiger partial charge in [0.25, 0.3) is 0 Å². The van der Waals surface area contributed by atoms with Crippen LogP contribution in [0.3, 0.4) is 0 Å². The Kier molecular flexibility index (Phi) is 6.11. The Labute approximate surface area is 251 Å². The number of benzene rings is 2. The van der Waals surface area contributed by atoms with Gasteiger partial charge in [-0.05, 0) is 60.3 Å². The number of hydrogen-bond acceptors (Lipinski definition) is 8. The standard InChI is InChI=1S/C33H32F3N5O3/c1-2-22-25(35)5-4-18-8-20(42)9-23(26(18)22)28-27(36)29-24(13-37-28)30(40-15-32(16-40)11-21(43)12-32)39-31(38-29)44-17-33-6-3-7-41(33)14-19(34)10-33/h4-5,8-9,13,19,42H,2-3,6-7,10-12,14-17H2,1H3/t19-,33+/m1/s1. The third-order valence-electron chi connectivity index (χ3n) is 10.1. The number of anilines is 1. The van der Waals surface area contributed by atoms with Crippen LogP contribution in [0.4, 0.5) is 19.0 Å². The average Bonchev–Trinajstić information content (AvgIpc) is 3.48. The summed E-state index contributed by atoms with van der Waals surface area (Å²) < 4.78 is 52.2. The average molecular weight is 604 g/mol. The van der Waals surface area contributed by atoms with Gasteiger partial charge >= 0.3 is 6.01 Å². The molecule has 0 bridgehead atoms. The Morgan fingerprint density at radius 2 is 1.98 bits per heavy atom. The Hall–Kier alpha value is -3.99. The Morgan fingerprint density at radius 3 is 2.75 bits per heavy atom. The number of phenolic OH excluding ortho intramolecular Hbond substituents is 1. The van der Waals surface area contributed by atoms with Gasteiger partial charge < -0.3 is 14.7 Å². The fourth-order valence-electron chi connectivity index (χ4n) is 8.12. The Morgan fingerprint density at radius 1 is 1.16 bits per heavy atom. The zero-order valence-corrected chi connectivity index (χ0v) is 24.4. The Bertz CT molecular complexity index is 1850. The van der Waals surface area contributed by atoms with Gasteiger partial charge in [0, 0.05) is 56.1 Å². The maximum atomic E-state index is 16.7. The minimum Gasteiger partial charge on any atom is -0.508 e. The number of aromatic hydroxyl groups is 1. The molecule has 0 unspecified atom stereocenters. The summed E-state index contributed by atoms with van der Waals surface area (Å²) in [6, 6.07) is 5.79. The number of rotatable bonds is 6. The van der Waals surface area contributed by atoms with Crippen molar-refractivity contribution in [3.05, 3.63) is 47.7 Å². The number of aryl methyl sites for hydroxylation is 1. The van der Waals surface area contributed by atoms with Crippen molar-refractivity contribution in [1.82, 2.24) is 19.9 Å². The molecule has 1 N–H and O–H groups in total. The van der Waals surface area contributed by atoms with Gasteiger partial charge in [0.05, 0.1) is 10.9 Å². The molecular formula is C33H32F3N5O3. The second kappa shape index (κ2) is 9.76. The first kappa shape index (κ1) is 27.6. The number of Topliss-reactive ketones (excluding diaryl/α,β-unsaturated/α-hetero) is 1. The number of carbonyl (C=O) groups excluding carboxylic acids is 1. The zero-order chi connectivity index (χ0) is 30.4. The van der Waals surface area contributed by atoms with Crippen LogP contribution in [0.15, 0.2) is 30.5 Å². The van der Waals surface area contributed by atoms with Gasteiger partial charge in [0.1, 0.15) is 47.2 Å². The fourth-order valence-corrected chi connectivity index (χ4v) is 8.12. The molecule has 8 nitrogen and oxygen atoms in total. The van der Waals surface area contributed by atoms with Crippen molar-refractivity contribution < 1.29 is 27.8 Å². The molecule has 44 heavy (non-hydrogen) atoms. The van der Waals surface area contributed by atoms with Gasteiger partial charge in [-0.25, -0.2) is 13.2 Å². The van der Waals surface area contributed by atoms with E-state index in [2.05, 4.69) is 14.9 Å². The van der Waals surface area contributed by atoms with Crippen molar-refractivity contribution in [3.63, 3.8) is 0 Å². The second-order valence-corrected chi connectivity index (χ2v) is 13.1. The molecule has 3 aliphatic heterocycles. The highest BCUT2D eigenvalue weighted by Crippen LogP contribution is 2.49. The summed E-state index contributed by atoms with van der Waals surface area (Å²) in [7, 11) is 0. The molecule has 11 heteroatoms. The number of phenols is 1. The highest BCUT2D eigenvalue weighted by Gasteiger charge is 2.53. The summed E-state index contributed by atoms with van der Waals surface area (Å²) in [6.45, 7) is 4.40. The molecule has 2 atom stereocenters. The first-order chi connectivity index (χ1) is 21.2. The highest BCUT2D eigenvalue weighted by atomic mass is 19.1. The summed E-state index contributed by atoms with van der Waals surface area (Å²) in [5, 5.41) is 11.9. The number of nitrogens with zero attached hydrogens (tertiary/aromatic N) is 5. The summed E-state index contributed by atoms with van der Waals surface area (Å²) in [5.41, 5.74) is 0.0578. The van der Waals surface area contributed by atoms with Gasteiger partial charge in [-0.3, -0.25) is 14.7 Å². The molecular weight excluding hydrogens is 571 g/mol. The van der Waals surface area contributed by atoms with E-state index in [0.717, 1.165) is 19.4 Å². The summed E-state index contributed by atoms with van der Waals surface area (Å²) in [5.74, 6) is -0.558. The SMILES string of the molecule is CCc1c(F)ccc2cc(O)cc(-c3ncc4c(N5CC6(CC(=O)C6)C5)nc(OC[C@@]56CCCN5C[C@H](F)C6)nc4c3F)c12. The monoisotopic (exact) mass is 603 g/mol. The number of pyridine rings is 1. The normalized spacial score (nSPS) is 24.2. The minimum atomic E-state index is -0.921. The zero-order valence-electron chi connectivity index (χ0n) is 24.4. The molecule has 2 aromatic heterocycles. The van der Waals surface area contributed by atoms with E-state index >= 15 is 4.39 Å². The van der Waals surface area contributed by atoms with Gasteiger partial charge in [0.2, 0.25) is 0 Å². The van der Waals surface area contributed by atoms with Gasteiger partial charge in [0.15, 0.2) is 5.82 Å². The van der Waals surface area contributed by atoms with E-state index in [9.17, 15) is 18.7 Å². The molecule has 1 aliphatic carbocycles. The van der Waals surface area contributed by atoms with Crippen molar-refractivity contribution in [1.29, 1.82) is 0 Å². The maximum absolute atomic E-state index is 16.7. The Balaban J connectivity index is 1.25. The predicted molar refractivity (Wildman–Crippen MR) is 159 cm³/mol. The van der Waals surface area contributed by atoms with Gasteiger partial charge in [-0.2, -0.15) is 9.97 Å². The number of halogens is 3. The topological polar surface area (TPSA) is 91.7 Å². The number of aromatic nitrogens is 3. The lowest BCUT2D eigenvalue weighted by atomic mass is 9.63. The molecule has 0 radical (unpaired) electrons. The van der Waals surface area contributed by atoms with E-state index in [1.54, 1.807) is 6.07 Å². The number of ether oxygens (including phenoxy) is 1. The third kappa shape index (κ3) is 4.15. The lowest BCUT2D eigenvalue weighted by molar-refractivity contribution is -0.134. The van der Waals surface area contributed by atoms with Crippen LogP contribution in [-0.4, -0.2) is 75.2 Å². The van der Waals surface area contributed by atoms with Crippen molar-refractivity contribution >= 4 is 33.3 Å². The van der Waals surface area contributed by atoms with Crippen LogP contribution < -0.4 is 9.64 Å². The van der Waals surface area contributed by atoms with Crippen LogP contribution in [0.1, 0.15) is 44.6 Å². The molecule has 3 saturated heterocycles. The molecule has 8 rings (SSSR count). The van der Waals surface area contributed by atoms with Crippen LogP contribution >= 0.6 is 0 Å². The molecule has 1 spiro atoms. The lowest BCUT2D eigenvalue weighted by Gasteiger charge is -2.55. The van der Waals surface area contributed by atoms with Crippen molar-refractivity contribution in [2.24, 2.45) is 5.41 Å². The van der Waals surface area contributed by atoms with Crippen LogP contribution in [-0.2, 0) is 11.2 Å². The van der Waals surface area contributed by atoms with Gasteiger partial charge in [-0.15, -0.1) is 0 Å². The van der Waals surface area contributed by atoms with E-state index in [1.807, 2.05) is 11.8 Å². The van der Waals surface area contributed by atoms with E-state index in [-0.39, 0.29) is 46.3 Å². The summed E-state index contributed by atoms with van der Waals surface area (Å²) in [6.07, 6.45) is 4.13. The lowest BCUT2D eigenvalue weighted by Crippen LogP contribution is -2.63. The van der Waals surface area contributed by atoms with E-state index in [1.165, 1.54) is 24.4 Å². The quantitative estimate of drug-likeness (QED) is 0.308. The van der Waals surface area contributed by atoms with Crippen LogP contribution in [0, 0.1) is 17.0 Å². The number of ketones is 1. The molecule has 0 amide bonds. The minimum absolute atomic E-state index is 0.0119. The maximum Gasteiger partial charge on any atom is 0.319 e. The van der Waals surface area contributed by atoms with Crippen LogP contribution in [0.5, 0.6) is 11.8 Å². The molecule has 228 valence electrons. The molecule has 4 aliphatic rings. The smallest absolute Gasteiger partial charge is 0.319 e. The molecule has 4 fully saturated rings. The molecule has 1 saturated carbocycles. The largest absolute Gasteiger partial charge is 0.508 e. The fraction of sp³-hybridized carbons (Fsp3) is 0.455. The van der Waals surface area contributed by atoms with Crippen molar-refractivity contribution in [2.45, 2.75) is 57.2 Å². The second-order valence-electron chi connectivity index (χ2n) is 13.1. The molecule has 2 aromatic carbocycles. The van der Waals surface area contributed by atoms with Crippen LogP contribution in [0.2, 0.25) is 0 Å². The molecule has 5 heterocycles.